The molecule has 2 amide bonds. The van der Waals surface area contributed by atoms with Crippen molar-refractivity contribution in [2.24, 2.45) is 0 Å². The third-order valence-corrected chi connectivity index (χ3v) is 3.00. The first-order valence-corrected chi connectivity index (χ1v) is 5.46. The Hall–Kier alpha value is -2.04. The third-order valence-electron chi connectivity index (χ3n) is 3.00. The molecule has 5 nitrogen and oxygen atoms in total. The first kappa shape index (κ1) is 11.4. The standard InChI is InChI=1S/C12H14N2O3/c1-13-12(17)14-7-6-9(11(15)16)8-4-2-3-5-10(8)14/h2-5,9H,6-7H2,1H3,(H,13,17)(H,15,16). The maximum absolute atomic E-state index is 11.7. The zero-order valence-corrected chi connectivity index (χ0v) is 9.51. The number of aliphatic carboxylic acids is 1. The number of nitrogens with zero attached hydrogens (tertiary/aromatic N) is 1. The molecular weight excluding hydrogens is 220 g/mol. The van der Waals surface area contributed by atoms with Gasteiger partial charge in [0.15, 0.2) is 0 Å². The molecule has 1 atom stereocenters. The fourth-order valence-electron chi connectivity index (χ4n) is 2.16. The Morgan fingerprint density at radius 3 is 2.76 bits per heavy atom. The summed E-state index contributed by atoms with van der Waals surface area (Å²) in [4.78, 5) is 24.4. The second-order valence-corrected chi connectivity index (χ2v) is 3.95. The number of hydrogen-bond donors (Lipinski definition) is 2. The average Bonchev–Trinajstić information content (AvgIpc) is 2.36. The van der Waals surface area contributed by atoms with E-state index in [1.54, 1.807) is 36.2 Å². The Bertz CT molecular complexity index is 459. The molecule has 0 saturated heterocycles. The number of para-hydroxylation sites is 1. The fraction of sp³-hybridized carbons (Fsp3) is 0.333. The average molecular weight is 234 g/mol. The van der Waals surface area contributed by atoms with Crippen molar-refractivity contribution >= 4 is 17.7 Å². The summed E-state index contributed by atoms with van der Waals surface area (Å²) in [6.45, 7) is 0.424. The largest absolute Gasteiger partial charge is 0.481 e. The topological polar surface area (TPSA) is 69.6 Å². The minimum absolute atomic E-state index is 0.207. The molecule has 1 aromatic carbocycles. The van der Waals surface area contributed by atoms with Gasteiger partial charge in [0.2, 0.25) is 0 Å². The number of benzene rings is 1. The lowest BCUT2D eigenvalue weighted by Gasteiger charge is -2.32. The summed E-state index contributed by atoms with van der Waals surface area (Å²) in [6.07, 6.45) is 0.444. The number of fused-ring (bicyclic) bond motifs is 1. The predicted octanol–water partition coefficient (Wildman–Crippen LogP) is 1.40. The maximum Gasteiger partial charge on any atom is 0.321 e. The monoisotopic (exact) mass is 234 g/mol. The highest BCUT2D eigenvalue weighted by Gasteiger charge is 2.31. The van der Waals surface area contributed by atoms with Crippen molar-refractivity contribution in [2.75, 3.05) is 18.5 Å². The maximum atomic E-state index is 11.7. The molecule has 17 heavy (non-hydrogen) atoms. The molecule has 0 radical (unpaired) electrons. The molecule has 0 aromatic heterocycles. The lowest BCUT2D eigenvalue weighted by molar-refractivity contribution is -0.139. The molecule has 0 saturated carbocycles. The van der Waals surface area contributed by atoms with Crippen LogP contribution in [-0.4, -0.2) is 30.7 Å². The summed E-state index contributed by atoms with van der Waals surface area (Å²) in [5.41, 5.74) is 1.39. The summed E-state index contributed by atoms with van der Waals surface area (Å²) in [7, 11) is 1.56. The normalized spacial score (nSPS) is 18.4. The van der Waals surface area contributed by atoms with Crippen LogP contribution in [0.5, 0.6) is 0 Å². The second-order valence-electron chi connectivity index (χ2n) is 3.95. The first-order valence-electron chi connectivity index (χ1n) is 5.46. The molecule has 0 bridgehead atoms. The van der Waals surface area contributed by atoms with Crippen LogP contribution in [-0.2, 0) is 4.79 Å². The quantitative estimate of drug-likeness (QED) is 0.771. The van der Waals surface area contributed by atoms with Crippen molar-refractivity contribution in [3.05, 3.63) is 29.8 Å². The van der Waals surface area contributed by atoms with Gasteiger partial charge in [-0.2, -0.15) is 0 Å². The van der Waals surface area contributed by atoms with Crippen molar-refractivity contribution in [3.8, 4) is 0 Å². The lowest BCUT2D eigenvalue weighted by atomic mass is 9.90. The molecule has 1 aliphatic rings. The van der Waals surface area contributed by atoms with Crippen molar-refractivity contribution < 1.29 is 14.7 Å². The highest BCUT2D eigenvalue weighted by molar-refractivity contribution is 5.95. The van der Waals surface area contributed by atoms with Crippen LogP contribution in [0.25, 0.3) is 0 Å². The van der Waals surface area contributed by atoms with Crippen molar-refractivity contribution in [1.29, 1.82) is 0 Å². The molecule has 0 aliphatic carbocycles. The zero-order chi connectivity index (χ0) is 12.4. The number of hydrogen-bond acceptors (Lipinski definition) is 2. The number of carboxylic acid groups (broad SMARTS) is 1. The zero-order valence-electron chi connectivity index (χ0n) is 9.51. The van der Waals surface area contributed by atoms with E-state index in [-0.39, 0.29) is 6.03 Å². The summed E-state index contributed by atoms with van der Waals surface area (Å²) < 4.78 is 0. The van der Waals surface area contributed by atoms with Gasteiger partial charge in [0, 0.05) is 19.3 Å². The first-order chi connectivity index (χ1) is 8.15. The van der Waals surface area contributed by atoms with Gasteiger partial charge in [0.05, 0.1) is 5.92 Å². The number of anilines is 1. The molecule has 2 rings (SSSR count). The van der Waals surface area contributed by atoms with Gasteiger partial charge in [-0.05, 0) is 18.1 Å². The molecule has 0 spiro atoms. The van der Waals surface area contributed by atoms with Crippen LogP contribution in [0, 0.1) is 0 Å². The van der Waals surface area contributed by atoms with Gasteiger partial charge in [-0.15, -0.1) is 0 Å². The number of carboxylic acids is 1. The van der Waals surface area contributed by atoms with Crippen LogP contribution in [0.3, 0.4) is 0 Å². The van der Waals surface area contributed by atoms with Crippen LogP contribution < -0.4 is 10.2 Å². The Morgan fingerprint density at radius 1 is 1.41 bits per heavy atom. The van der Waals surface area contributed by atoms with Crippen molar-refractivity contribution in [2.45, 2.75) is 12.3 Å². The van der Waals surface area contributed by atoms with Crippen LogP contribution >= 0.6 is 0 Å². The number of nitrogens with one attached hydrogen (secondary N) is 1. The van der Waals surface area contributed by atoms with Gasteiger partial charge in [0.25, 0.3) is 0 Å². The highest BCUT2D eigenvalue weighted by Crippen LogP contribution is 2.35. The number of carbonyl (C=O) groups is 2. The van der Waals surface area contributed by atoms with E-state index in [4.69, 9.17) is 5.11 Å². The minimum Gasteiger partial charge on any atom is -0.481 e. The van der Waals surface area contributed by atoms with Gasteiger partial charge in [0.1, 0.15) is 0 Å². The molecule has 5 heteroatoms. The summed E-state index contributed by atoms with van der Waals surface area (Å²) >= 11 is 0. The van der Waals surface area contributed by atoms with Gasteiger partial charge < -0.3 is 10.4 Å². The van der Waals surface area contributed by atoms with Crippen molar-refractivity contribution in [3.63, 3.8) is 0 Å². The molecule has 1 aliphatic heterocycles. The summed E-state index contributed by atoms with van der Waals surface area (Å²) in [6, 6.07) is 6.94. The van der Waals surface area contributed by atoms with E-state index >= 15 is 0 Å². The van der Waals surface area contributed by atoms with Crippen LogP contribution in [0.15, 0.2) is 24.3 Å². The summed E-state index contributed by atoms with van der Waals surface area (Å²) in [5, 5.41) is 11.7. The molecule has 1 aromatic rings. The van der Waals surface area contributed by atoms with Crippen LogP contribution in [0.4, 0.5) is 10.5 Å². The number of amides is 2. The second kappa shape index (κ2) is 4.45. The van der Waals surface area contributed by atoms with Gasteiger partial charge in [-0.3, -0.25) is 9.69 Å². The Morgan fingerprint density at radius 2 is 2.12 bits per heavy atom. The predicted molar refractivity (Wildman–Crippen MR) is 63.2 cm³/mol. The SMILES string of the molecule is CNC(=O)N1CCC(C(=O)O)c2ccccc21. The molecule has 90 valence electrons. The highest BCUT2D eigenvalue weighted by atomic mass is 16.4. The van der Waals surface area contributed by atoms with E-state index in [0.29, 0.717) is 24.2 Å². The number of rotatable bonds is 1. The molecular formula is C12H14N2O3. The Labute approximate surface area is 99.0 Å². The van der Waals surface area contributed by atoms with Crippen LogP contribution in [0.1, 0.15) is 17.9 Å². The van der Waals surface area contributed by atoms with Crippen LogP contribution in [0.2, 0.25) is 0 Å². The number of carbonyl (C=O) groups excluding carboxylic acids is 1. The smallest absolute Gasteiger partial charge is 0.321 e. The Balaban J connectivity index is 2.43. The summed E-state index contributed by atoms with van der Waals surface area (Å²) in [5.74, 6) is -1.36. The molecule has 2 N–H and O–H groups in total. The van der Waals surface area contributed by atoms with E-state index in [0.717, 1.165) is 0 Å². The van der Waals surface area contributed by atoms with E-state index in [1.165, 1.54) is 0 Å². The van der Waals surface area contributed by atoms with E-state index in [1.807, 2.05) is 0 Å². The minimum atomic E-state index is -0.839. The fourth-order valence-corrected chi connectivity index (χ4v) is 2.16. The van der Waals surface area contributed by atoms with E-state index in [9.17, 15) is 9.59 Å². The number of urea groups is 1. The molecule has 0 fully saturated rings. The van der Waals surface area contributed by atoms with Crippen molar-refractivity contribution in [1.82, 2.24) is 5.32 Å². The molecule has 1 unspecified atom stereocenters. The van der Waals surface area contributed by atoms with E-state index < -0.39 is 11.9 Å². The third kappa shape index (κ3) is 1.95. The molecule has 1 heterocycles. The van der Waals surface area contributed by atoms with Gasteiger partial charge >= 0.3 is 12.0 Å². The van der Waals surface area contributed by atoms with Gasteiger partial charge in [-0.1, -0.05) is 18.2 Å². The Kier molecular flexibility index (Phi) is 2.99. The van der Waals surface area contributed by atoms with E-state index in [2.05, 4.69) is 5.32 Å². The van der Waals surface area contributed by atoms with Gasteiger partial charge in [-0.25, -0.2) is 4.79 Å². The lowest BCUT2D eigenvalue weighted by Crippen LogP contribution is -2.42.